The third-order valence-electron chi connectivity index (χ3n) is 3.35. The Kier molecular flexibility index (Phi) is 6.20. The maximum atomic E-state index is 12.2. The number of rotatable bonds is 6. The second kappa shape index (κ2) is 7.42. The van der Waals surface area contributed by atoms with Gasteiger partial charge in [0.05, 0.1) is 0 Å². The second-order valence-corrected chi connectivity index (χ2v) is 5.11. The number of nitrogens with one attached hydrogen (secondary N) is 1. The molecule has 1 N–H and O–H groups in total. The highest BCUT2D eigenvalue weighted by atomic mass is 35.5. The molecule has 0 spiro atoms. The van der Waals surface area contributed by atoms with Crippen LogP contribution < -0.4 is 5.32 Å². The van der Waals surface area contributed by atoms with Gasteiger partial charge in [0, 0.05) is 18.0 Å². The number of hydrogen-bond donors (Lipinski definition) is 1. The lowest BCUT2D eigenvalue weighted by Gasteiger charge is -2.15. The van der Waals surface area contributed by atoms with Gasteiger partial charge in [0.2, 0.25) is 0 Å². The first-order valence-corrected chi connectivity index (χ1v) is 7.04. The molecule has 1 aromatic rings. The molecule has 0 bridgehead atoms. The van der Waals surface area contributed by atoms with E-state index in [0.717, 1.165) is 29.5 Å². The second-order valence-electron chi connectivity index (χ2n) is 4.73. The summed E-state index contributed by atoms with van der Waals surface area (Å²) in [5.41, 5.74) is 2.86. The van der Waals surface area contributed by atoms with Crippen molar-refractivity contribution in [2.75, 3.05) is 12.4 Å². The average molecular weight is 268 g/mol. The minimum Gasteiger partial charge on any atom is -0.352 e. The summed E-state index contributed by atoms with van der Waals surface area (Å²) in [6.07, 6.45) is 1.99. The molecule has 0 saturated heterocycles. The van der Waals surface area contributed by atoms with Gasteiger partial charge in [-0.1, -0.05) is 31.5 Å². The van der Waals surface area contributed by atoms with Gasteiger partial charge in [-0.15, -0.1) is 11.6 Å². The predicted octanol–water partition coefficient (Wildman–Crippen LogP) is 3.69. The van der Waals surface area contributed by atoms with Crippen LogP contribution in [-0.4, -0.2) is 18.3 Å². The third-order valence-corrected chi connectivity index (χ3v) is 3.57. The SMILES string of the molecule is CCC(CCCl)CNC(=O)c1c(C)cccc1C. The highest BCUT2D eigenvalue weighted by Crippen LogP contribution is 2.14. The van der Waals surface area contributed by atoms with Gasteiger partial charge in [-0.25, -0.2) is 0 Å². The van der Waals surface area contributed by atoms with Gasteiger partial charge in [-0.05, 0) is 37.3 Å². The molecule has 0 aliphatic carbocycles. The smallest absolute Gasteiger partial charge is 0.251 e. The Balaban J connectivity index is 2.65. The van der Waals surface area contributed by atoms with Gasteiger partial charge in [0.1, 0.15) is 0 Å². The highest BCUT2D eigenvalue weighted by Gasteiger charge is 2.13. The zero-order valence-corrected chi connectivity index (χ0v) is 12.2. The number of alkyl halides is 1. The molecule has 1 aromatic carbocycles. The summed E-state index contributed by atoms with van der Waals surface area (Å²) in [5, 5.41) is 3.02. The number of amides is 1. The van der Waals surface area contributed by atoms with Crippen LogP contribution in [0.5, 0.6) is 0 Å². The molecule has 0 aliphatic rings. The van der Waals surface area contributed by atoms with Gasteiger partial charge in [0.15, 0.2) is 0 Å². The van der Waals surface area contributed by atoms with Crippen LogP contribution >= 0.6 is 11.6 Å². The number of halogens is 1. The van der Waals surface area contributed by atoms with Crippen molar-refractivity contribution in [3.05, 3.63) is 34.9 Å². The van der Waals surface area contributed by atoms with Crippen molar-refractivity contribution in [2.45, 2.75) is 33.6 Å². The van der Waals surface area contributed by atoms with Crippen molar-refractivity contribution in [3.8, 4) is 0 Å². The molecule has 1 rings (SSSR count). The van der Waals surface area contributed by atoms with Crippen molar-refractivity contribution in [3.63, 3.8) is 0 Å². The Labute approximate surface area is 115 Å². The molecular weight excluding hydrogens is 246 g/mol. The summed E-state index contributed by atoms with van der Waals surface area (Å²) in [4.78, 5) is 12.2. The van der Waals surface area contributed by atoms with Crippen LogP contribution in [0.1, 0.15) is 41.3 Å². The standard InChI is InChI=1S/C15H22ClNO/c1-4-13(8-9-16)10-17-15(18)14-11(2)6-5-7-12(14)3/h5-7,13H,4,8-10H2,1-3H3,(H,17,18). The van der Waals surface area contributed by atoms with Crippen LogP contribution in [0.4, 0.5) is 0 Å². The highest BCUT2D eigenvalue weighted by molar-refractivity contribution is 6.17. The van der Waals surface area contributed by atoms with Crippen molar-refractivity contribution < 1.29 is 4.79 Å². The van der Waals surface area contributed by atoms with Gasteiger partial charge < -0.3 is 5.32 Å². The molecule has 0 saturated carbocycles. The molecule has 0 heterocycles. The van der Waals surface area contributed by atoms with Crippen molar-refractivity contribution in [2.24, 2.45) is 5.92 Å². The molecule has 1 unspecified atom stereocenters. The first-order valence-electron chi connectivity index (χ1n) is 6.50. The van der Waals surface area contributed by atoms with E-state index in [4.69, 9.17) is 11.6 Å². The third kappa shape index (κ3) is 4.02. The Morgan fingerprint density at radius 2 is 1.94 bits per heavy atom. The summed E-state index contributed by atoms with van der Waals surface area (Å²) in [5.74, 6) is 1.15. The normalized spacial score (nSPS) is 12.2. The lowest BCUT2D eigenvalue weighted by molar-refractivity contribution is 0.0945. The average Bonchev–Trinajstić information content (AvgIpc) is 2.34. The molecule has 1 atom stereocenters. The number of hydrogen-bond acceptors (Lipinski definition) is 1. The summed E-state index contributed by atoms with van der Waals surface area (Å²) < 4.78 is 0. The lowest BCUT2D eigenvalue weighted by Crippen LogP contribution is -2.30. The van der Waals surface area contributed by atoms with Crippen LogP contribution in [-0.2, 0) is 0 Å². The van der Waals surface area contributed by atoms with Crippen molar-refractivity contribution in [1.29, 1.82) is 0 Å². The van der Waals surface area contributed by atoms with Crippen LogP contribution in [0.3, 0.4) is 0 Å². The fourth-order valence-electron chi connectivity index (χ4n) is 2.10. The van der Waals surface area contributed by atoms with E-state index in [0.29, 0.717) is 18.3 Å². The maximum absolute atomic E-state index is 12.2. The Hall–Kier alpha value is -1.02. The monoisotopic (exact) mass is 267 g/mol. The van der Waals surface area contributed by atoms with Crippen LogP contribution in [0.25, 0.3) is 0 Å². The minimum atomic E-state index is 0.0265. The lowest BCUT2D eigenvalue weighted by atomic mass is 10.0. The van der Waals surface area contributed by atoms with Crippen molar-refractivity contribution >= 4 is 17.5 Å². The fraction of sp³-hybridized carbons (Fsp3) is 0.533. The summed E-state index contributed by atoms with van der Waals surface area (Å²) in [7, 11) is 0. The van der Waals surface area contributed by atoms with E-state index in [1.165, 1.54) is 0 Å². The Bertz CT molecular complexity index is 383. The molecular formula is C15H22ClNO. The molecule has 18 heavy (non-hydrogen) atoms. The molecule has 3 heteroatoms. The van der Waals surface area contributed by atoms with Crippen LogP contribution in [0.15, 0.2) is 18.2 Å². The Morgan fingerprint density at radius 3 is 2.44 bits per heavy atom. The van der Waals surface area contributed by atoms with Crippen LogP contribution in [0.2, 0.25) is 0 Å². The topological polar surface area (TPSA) is 29.1 Å². The van der Waals surface area contributed by atoms with E-state index >= 15 is 0 Å². The van der Waals surface area contributed by atoms with Crippen LogP contribution in [0, 0.1) is 19.8 Å². The molecule has 0 fully saturated rings. The largest absolute Gasteiger partial charge is 0.352 e. The zero-order valence-electron chi connectivity index (χ0n) is 11.4. The first kappa shape index (κ1) is 15.0. The minimum absolute atomic E-state index is 0.0265. The fourth-order valence-corrected chi connectivity index (χ4v) is 2.41. The van der Waals surface area contributed by atoms with E-state index in [9.17, 15) is 4.79 Å². The van der Waals surface area contributed by atoms with Crippen molar-refractivity contribution in [1.82, 2.24) is 5.32 Å². The number of benzene rings is 1. The number of carbonyl (C=O) groups is 1. The zero-order chi connectivity index (χ0) is 13.5. The number of carbonyl (C=O) groups excluding carboxylic acids is 1. The summed E-state index contributed by atoms with van der Waals surface area (Å²) in [6.45, 7) is 6.77. The number of aryl methyl sites for hydroxylation is 2. The van der Waals surface area contributed by atoms with E-state index < -0.39 is 0 Å². The molecule has 1 amide bonds. The first-order chi connectivity index (χ1) is 8.60. The van der Waals surface area contributed by atoms with E-state index in [1.54, 1.807) is 0 Å². The van der Waals surface area contributed by atoms with E-state index in [-0.39, 0.29) is 5.91 Å². The molecule has 100 valence electrons. The quantitative estimate of drug-likeness (QED) is 0.783. The van der Waals surface area contributed by atoms with E-state index in [1.807, 2.05) is 32.0 Å². The van der Waals surface area contributed by atoms with Gasteiger partial charge in [-0.2, -0.15) is 0 Å². The molecule has 2 nitrogen and oxygen atoms in total. The van der Waals surface area contributed by atoms with E-state index in [2.05, 4.69) is 12.2 Å². The molecule has 0 radical (unpaired) electrons. The summed E-state index contributed by atoms with van der Waals surface area (Å²) >= 11 is 5.75. The summed E-state index contributed by atoms with van der Waals surface area (Å²) in [6, 6.07) is 5.92. The van der Waals surface area contributed by atoms with Gasteiger partial charge in [-0.3, -0.25) is 4.79 Å². The Morgan fingerprint density at radius 1 is 1.33 bits per heavy atom. The van der Waals surface area contributed by atoms with Gasteiger partial charge in [0.25, 0.3) is 5.91 Å². The maximum Gasteiger partial charge on any atom is 0.251 e. The van der Waals surface area contributed by atoms with Gasteiger partial charge >= 0.3 is 0 Å². The molecule has 0 aromatic heterocycles. The molecule has 0 aliphatic heterocycles. The predicted molar refractivity (Wildman–Crippen MR) is 77.4 cm³/mol.